The molecule has 1 aliphatic heterocycles. The Bertz CT molecular complexity index is 1810. The molecule has 46 heavy (non-hydrogen) atoms. The van der Waals surface area contributed by atoms with Crippen molar-refractivity contribution in [3.8, 4) is 11.6 Å². The van der Waals surface area contributed by atoms with E-state index in [1.165, 1.54) is 12.3 Å². The number of nitrogens with zero attached hydrogens (tertiary/aromatic N) is 4. The van der Waals surface area contributed by atoms with Gasteiger partial charge in [0.2, 0.25) is 15.9 Å². The maximum absolute atomic E-state index is 13.5. The third kappa shape index (κ3) is 8.37. The molecule has 1 fully saturated rings. The van der Waals surface area contributed by atoms with E-state index in [2.05, 4.69) is 24.9 Å². The van der Waals surface area contributed by atoms with Crippen molar-refractivity contribution in [3.05, 3.63) is 102 Å². The number of rotatable bonds is 10. The Balaban J connectivity index is 1.21. The molecule has 0 unspecified atom stereocenters. The number of anilines is 3. The molecule has 4 aromatic rings. The van der Waals surface area contributed by atoms with E-state index >= 15 is 0 Å². The fourth-order valence-electron chi connectivity index (χ4n) is 5.40. The van der Waals surface area contributed by atoms with Crippen molar-refractivity contribution >= 4 is 39.0 Å². The highest BCUT2D eigenvalue weighted by Gasteiger charge is 2.29. The number of amides is 3. The Morgan fingerprint density at radius 3 is 2.33 bits per heavy atom. The van der Waals surface area contributed by atoms with Crippen LogP contribution >= 0.6 is 0 Å². The summed E-state index contributed by atoms with van der Waals surface area (Å²) in [5, 5.41) is 2.91. The zero-order valence-corrected chi connectivity index (χ0v) is 26.8. The SMILES string of the molecule is Cc1cc(NS(C)(=O)=O)ccc1Oc1ccc(CN2CCC(N(C(=O)Nc3ccc(C(N)=O)nc3)c3ccccc3)CC2)c(C)n1. The zero-order valence-electron chi connectivity index (χ0n) is 25.9. The van der Waals surface area contributed by atoms with Gasteiger partial charge in [-0.15, -0.1) is 0 Å². The van der Waals surface area contributed by atoms with E-state index in [4.69, 9.17) is 10.5 Å². The van der Waals surface area contributed by atoms with Gasteiger partial charge in [0.1, 0.15) is 11.4 Å². The number of likely N-dealkylation sites (tertiary alicyclic amines) is 1. The predicted octanol–water partition coefficient (Wildman–Crippen LogP) is 5.06. The molecule has 13 heteroatoms. The summed E-state index contributed by atoms with van der Waals surface area (Å²) in [5.74, 6) is 0.414. The molecule has 0 saturated carbocycles. The van der Waals surface area contributed by atoms with Gasteiger partial charge in [-0.3, -0.25) is 19.3 Å². The normalized spacial score (nSPS) is 14.0. The van der Waals surface area contributed by atoms with Crippen molar-refractivity contribution in [2.24, 2.45) is 5.73 Å². The van der Waals surface area contributed by atoms with Crippen LogP contribution in [0.25, 0.3) is 0 Å². The van der Waals surface area contributed by atoms with Gasteiger partial charge >= 0.3 is 6.03 Å². The summed E-state index contributed by atoms with van der Waals surface area (Å²) in [6, 6.07) is 21.3. The Labute approximate surface area is 268 Å². The molecule has 0 bridgehead atoms. The van der Waals surface area contributed by atoms with E-state index in [-0.39, 0.29) is 17.8 Å². The quantitative estimate of drug-likeness (QED) is 0.216. The lowest BCUT2D eigenvalue weighted by Crippen LogP contribution is -2.49. The number of pyridine rings is 2. The number of sulfonamides is 1. The Morgan fingerprint density at radius 1 is 1.00 bits per heavy atom. The number of hydrogen-bond donors (Lipinski definition) is 3. The molecule has 5 rings (SSSR count). The maximum Gasteiger partial charge on any atom is 0.326 e. The van der Waals surface area contributed by atoms with Crippen LogP contribution in [0.3, 0.4) is 0 Å². The van der Waals surface area contributed by atoms with E-state index in [0.29, 0.717) is 29.5 Å². The van der Waals surface area contributed by atoms with Crippen LogP contribution in [0.2, 0.25) is 0 Å². The number of ether oxygens (including phenoxy) is 1. The Kier molecular flexibility index (Phi) is 9.83. The van der Waals surface area contributed by atoms with E-state index in [0.717, 1.165) is 54.7 Å². The summed E-state index contributed by atoms with van der Waals surface area (Å²) in [5.41, 5.74) is 9.87. The second kappa shape index (κ2) is 14.0. The molecule has 1 aliphatic rings. The molecule has 4 N–H and O–H groups in total. The number of para-hydroxylation sites is 1. The first-order valence-electron chi connectivity index (χ1n) is 14.8. The molecule has 3 amide bonds. The van der Waals surface area contributed by atoms with E-state index < -0.39 is 15.9 Å². The van der Waals surface area contributed by atoms with Crippen LogP contribution in [0.1, 0.15) is 40.2 Å². The van der Waals surface area contributed by atoms with Crippen LogP contribution in [-0.4, -0.2) is 60.6 Å². The van der Waals surface area contributed by atoms with Crippen molar-refractivity contribution in [2.75, 3.05) is 34.3 Å². The summed E-state index contributed by atoms with van der Waals surface area (Å²) in [6.07, 6.45) is 4.08. The van der Waals surface area contributed by atoms with Crippen LogP contribution in [0.15, 0.2) is 79.0 Å². The topological polar surface area (TPSA) is 160 Å². The molecule has 240 valence electrons. The summed E-state index contributed by atoms with van der Waals surface area (Å²) < 4.78 is 31.5. The van der Waals surface area contributed by atoms with Crippen LogP contribution in [0.4, 0.5) is 21.9 Å². The van der Waals surface area contributed by atoms with Gasteiger partial charge in [0.05, 0.1) is 18.1 Å². The second-order valence-electron chi connectivity index (χ2n) is 11.3. The number of carbonyl (C=O) groups is 2. The van der Waals surface area contributed by atoms with Gasteiger partial charge in [-0.25, -0.2) is 23.2 Å². The number of aryl methyl sites for hydroxylation is 2. The van der Waals surface area contributed by atoms with Crippen LogP contribution in [0.5, 0.6) is 11.6 Å². The molecule has 0 radical (unpaired) electrons. The number of nitrogens with two attached hydrogens (primary N) is 1. The number of hydrogen-bond acceptors (Lipinski definition) is 8. The largest absolute Gasteiger partial charge is 0.439 e. The van der Waals surface area contributed by atoms with Gasteiger partial charge in [0, 0.05) is 48.8 Å². The molecule has 2 aromatic carbocycles. The third-order valence-electron chi connectivity index (χ3n) is 7.70. The lowest BCUT2D eigenvalue weighted by atomic mass is 10.0. The summed E-state index contributed by atoms with van der Waals surface area (Å²) in [7, 11) is -3.37. The van der Waals surface area contributed by atoms with Gasteiger partial charge < -0.3 is 15.8 Å². The number of nitrogens with one attached hydrogen (secondary N) is 2. The molecule has 3 heterocycles. The van der Waals surface area contributed by atoms with Crippen molar-refractivity contribution in [1.82, 2.24) is 14.9 Å². The van der Waals surface area contributed by atoms with Crippen molar-refractivity contribution in [2.45, 2.75) is 39.3 Å². The average molecular weight is 644 g/mol. The van der Waals surface area contributed by atoms with Gasteiger partial charge in [-0.1, -0.05) is 24.3 Å². The molecule has 0 atom stereocenters. The number of primary amides is 1. The highest BCUT2D eigenvalue weighted by Crippen LogP contribution is 2.29. The summed E-state index contributed by atoms with van der Waals surface area (Å²) >= 11 is 0. The number of benzene rings is 2. The average Bonchev–Trinajstić information content (AvgIpc) is 3.01. The van der Waals surface area contributed by atoms with Crippen LogP contribution in [-0.2, 0) is 16.6 Å². The first kappa shape index (κ1) is 32.4. The fraction of sp³-hybridized carbons (Fsp3) is 0.273. The van der Waals surface area contributed by atoms with Crippen molar-refractivity contribution < 1.29 is 22.7 Å². The molecule has 1 saturated heterocycles. The van der Waals surface area contributed by atoms with Gasteiger partial charge in [0.25, 0.3) is 5.91 Å². The van der Waals surface area contributed by atoms with E-state index in [1.807, 2.05) is 56.3 Å². The Morgan fingerprint density at radius 2 is 1.72 bits per heavy atom. The molecular formula is C33H37N7O5S. The molecule has 2 aromatic heterocycles. The maximum atomic E-state index is 13.5. The number of carbonyl (C=O) groups excluding carboxylic acids is 2. The molecule has 0 aliphatic carbocycles. The first-order chi connectivity index (χ1) is 21.9. The van der Waals surface area contributed by atoms with Gasteiger partial charge in [0.15, 0.2) is 0 Å². The van der Waals surface area contributed by atoms with Gasteiger partial charge in [-0.2, -0.15) is 0 Å². The summed E-state index contributed by atoms with van der Waals surface area (Å²) in [4.78, 5) is 37.7. The standard InChI is InChI=1S/C33H37N7O5S/c1-22-19-25(38-46(3,43)44)11-13-30(22)45-31-14-9-24(23(2)36-31)21-39-17-15-28(16-18-39)40(27-7-5-4-6-8-27)33(42)37-26-10-12-29(32(34)41)35-20-26/h4-14,19-20,28,38H,15-18,21H2,1-3H3,(H2,34,41)(H,37,42). The minimum Gasteiger partial charge on any atom is -0.439 e. The highest BCUT2D eigenvalue weighted by molar-refractivity contribution is 7.92. The first-order valence-corrected chi connectivity index (χ1v) is 16.7. The van der Waals surface area contributed by atoms with E-state index in [1.54, 1.807) is 29.2 Å². The summed E-state index contributed by atoms with van der Waals surface area (Å²) in [6.45, 7) is 6.09. The Hall–Kier alpha value is -5.01. The van der Waals surface area contributed by atoms with E-state index in [9.17, 15) is 18.0 Å². The minimum absolute atomic E-state index is 0.0197. The van der Waals surface area contributed by atoms with Gasteiger partial charge in [-0.05, 0) is 80.3 Å². The van der Waals surface area contributed by atoms with Crippen molar-refractivity contribution in [3.63, 3.8) is 0 Å². The third-order valence-corrected chi connectivity index (χ3v) is 8.31. The second-order valence-corrected chi connectivity index (χ2v) is 13.0. The lowest BCUT2D eigenvalue weighted by molar-refractivity contribution is 0.0995. The number of piperidine rings is 1. The van der Waals surface area contributed by atoms with Crippen LogP contribution in [0, 0.1) is 13.8 Å². The predicted molar refractivity (Wildman–Crippen MR) is 178 cm³/mol. The zero-order chi connectivity index (χ0) is 32.8. The highest BCUT2D eigenvalue weighted by atomic mass is 32.2. The molecule has 12 nitrogen and oxygen atoms in total. The lowest BCUT2D eigenvalue weighted by Gasteiger charge is -2.38. The minimum atomic E-state index is -3.37. The fourth-order valence-corrected chi connectivity index (χ4v) is 5.96. The monoisotopic (exact) mass is 643 g/mol. The molecular weight excluding hydrogens is 606 g/mol. The number of aromatic nitrogens is 2. The molecule has 0 spiro atoms. The van der Waals surface area contributed by atoms with Crippen LogP contribution < -0.4 is 25.4 Å². The van der Waals surface area contributed by atoms with Crippen molar-refractivity contribution in [1.29, 1.82) is 0 Å². The number of urea groups is 1. The smallest absolute Gasteiger partial charge is 0.326 e.